The van der Waals surface area contributed by atoms with E-state index in [0.29, 0.717) is 31.8 Å². The van der Waals surface area contributed by atoms with E-state index in [9.17, 15) is 9.59 Å². The molecule has 2 aliphatic carbocycles. The van der Waals surface area contributed by atoms with Crippen LogP contribution >= 0.6 is 0 Å². The van der Waals surface area contributed by atoms with Crippen LogP contribution in [0.2, 0.25) is 0 Å². The topological polar surface area (TPSA) is 72.2 Å². The Morgan fingerprint density at radius 2 is 2.25 bits per heavy atom. The van der Waals surface area contributed by atoms with Gasteiger partial charge in [-0.25, -0.2) is 0 Å². The third-order valence-electron chi connectivity index (χ3n) is 4.71. The fraction of sp³-hybridized carbons (Fsp3) is 0.833. The largest absolute Gasteiger partial charge is 0.354 e. The molecule has 0 saturated heterocycles. The van der Waals surface area contributed by atoms with Crippen molar-refractivity contribution in [3.8, 4) is 0 Å². The van der Waals surface area contributed by atoms with E-state index in [1.165, 1.54) is 0 Å². The van der Waals surface area contributed by atoms with Crippen molar-refractivity contribution in [2.24, 2.45) is 22.5 Å². The summed E-state index contributed by atoms with van der Waals surface area (Å²) in [5.74, 6) is 0.403. The van der Waals surface area contributed by atoms with Crippen LogP contribution in [-0.4, -0.2) is 24.8 Å². The summed E-state index contributed by atoms with van der Waals surface area (Å²) >= 11 is 0. The second-order valence-corrected chi connectivity index (χ2v) is 5.53. The third-order valence-corrected chi connectivity index (χ3v) is 4.71. The zero-order valence-electron chi connectivity index (χ0n) is 10.0. The summed E-state index contributed by atoms with van der Waals surface area (Å²) in [6, 6.07) is 0. The molecule has 0 unspecified atom stereocenters. The molecule has 90 valence electrons. The molecule has 2 rings (SSSR count). The van der Waals surface area contributed by atoms with Crippen LogP contribution in [0.1, 0.15) is 33.1 Å². The molecule has 2 saturated carbocycles. The lowest BCUT2D eigenvalue weighted by Gasteiger charge is -2.34. The molecular formula is C12H20N2O2. The summed E-state index contributed by atoms with van der Waals surface area (Å²) in [6.07, 6.45) is 2.28. The first-order valence-electron chi connectivity index (χ1n) is 5.98. The molecule has 0 heterocycles. The highest BCUT2D eigenvalue weighted by Crippen LogP contribution is 2.63. The predicted molar refractivity (Wildman–Crippen MR) is 60.6 cm³/mol. The highest BCUT2D eigenvalue weighted by atomic mass is 16.2. The Morgan fingerprint density at radius 1 is 1.56 bits per heavy atom. The molecule has 0 aliphatic heterocycles. The van der Waals surface area contributed by atoms with Crippen LogP contribution in [0.15, 0.2) is 0 Å². The number of amides is 1. The van der Waals surface area contributed by atoms with E-state index >= 15 is 0 Å². The molecule has 0 radical (unpaired) electrons. The monoisotopic (exact) mass is 224 g/mol. The second-order valence-electron chi connectivity index (χ2n) is 5.53. The van der Waals surface area contributed by atoms with Gasteiger partial charge in [0.1, 0.15) is 11.2 Å². The minimum Gasteiger partial charge on any atom is -0.354 e. The Morgan fingerprint density at radius 3 is 2.69 bits per heavy atom. The van der Waals surface area contributed by atoms with Gasteiger partial charge in [0.15, 0.2) is 0 Å². The fourth-order valence-corrected chi connectivity index (χ4v) is 3.55. The first-order chi connectivity index (χ1) is 7.46. The summed E-state index contributed by atoms with van der Waals surface area (Å²) in [7, 11) is 0. The lowest BCUT2D eigenvalue weighted by molar-refractivity contribution is -0.144. The number of fused-ring (bicyclic) bond motifs is 2. The molecule has 16 heavy (non-hydrogen) atoms. The predicted octanol–water partition coefficient (Wildman–Crippen LogP) is 0.457. The minimum atomic E-state index is -0.771. The zero-order valence-corrected chi connectivity index (χ0v) is 10.0. The van der Waals surface area contributed by atoms with E-state index in [0.717, 1.165) is 6.42 Å². The van der Waals surface area contributed by atoms with Crippen LogP contribution < -0.4 is 11.1 Å². The molecule has 2 aliphatic rings. The van der Waals surface area contributed by atoms with Crippen molar-refractivity contribution in [3.05, 3.63) is 0 Å². The summed E-state index contributed by atoms with van der Waals surface area (Å²) in [6.45, 7) is 4.98. The maximum absolute atomic E-state index is 12.2. The molecule has 0 aromatic rings. The van der Waals surface area contributed by atoms with Crippen molar-refractivity contribution < 1.29 is 9.59 Å². The van der Waals surface area contributed by atoms with Gasteiger partial charge in [0.2, 0.25) is 5.91 Å². The van der Waals surface area contributed by atoms with Crippen molar-refractivity contribution in [1.82, 2.24) is 5.32 Å². The molecule has 3 N–H and O–H groups in total. The van der Waals surface area contributed by atoms with Crippen LogP contribution in [0.25, 0.3) is 0 Å². The van der Waals surface area contributed by atoms with E-state index in [-0.39, 0.29) is 17.1 Å². The Bertz CT molecular complexity index is 338. The first kappa shape index (κ1) is 11.6. The number of nitrogens with one attached hydrogen (secondary N) is 1. The van der Waals surface area contributed by atoms with Crippen LogP contribution in [0, 0.1) is 16.7 Å². The molecule has 1 amide bonds. The Hall–Kier alpha value is -0.900. The van der Waals surface area contributed by atoms with Gasteiger partial charge in [-0.05, 0) is 24.2 Å². The third kappa shape index (κ3) is 1.19. The van der Waals surface area contributed by atoms with Crippen LogP contribution in [0.3, 0.4) is 0 Å². The average Bonchev–Trinajstić information content (AvgIpc) is 2.59. The van der Waals surface area contributed by atoms with Crippen molar-refractivity contribution in [1.29, 1.82) is 0 Å². The van der Waals surface area contributed by atoms with Gasteiger partial charge in [-0.3, -0.25) is 9.59 Å². The van der Waals surface area contributed by atoms with Gasteiger partial charge in [-0.2, -0.15) is 0 Å². The number of carbonyl (C=O) groups is 2. The molecule has 4 nitrogen and oxygen atoms in total. The maximum atomic E-state index is 12.2. The number of Topliss-reactive ketones (excluding diaryl/α,β-unsaturated/α-hetero) is 1. The molecule has 2 atom stereocenters. The number of carbonyl (C=O) groups excluding carboxylic acids is 2. The van der Waals surface area contributed by atoms with E-state index in [2.05, 4.69) is 19.2 Å². The highest BCUT2D eigenvalue weighted by molar-refractivity contribution is 6.09. The molecule has 2 fully saturated rings. The number of hydrogen-bond acceptors (Lipinski definition) is 3. The van der Waals surface area contributed by atoms with Crippen molar-refractivity contribution >= 4 is 11.7 Å². The second kappa shape index (κ2) is 3.55. The number of nitrogens with two attached hydrogens (primary N) is 1. The highest BCUT2D eigenvalue weighted by Gasteiger charge is 2.67. The van der Waals surface area contributed by atoms with Crippen molar-refractivity contribution in [2.45, 2.75) is 33.1 Å². The quantitative estimate of drug-likeness (QED) is 0.684. The van der Waals surface area contributed by atoms with E-state index in [1.54, 1.807) is 0 Å². The summed E-state index contributed by atoms with van der Waals surface area (Å²) in [5, 5.41) is 2.79. The molecule has 0 aromatic carbocycles. The van der Waals surface area contributed by atoms with E-state index < -0.39 is 5.41 Å². The maximum Gasteiger partial charge on any atom is 0.234 e. The molecule has 0 spiro atoms. The van der Waals surface area contributed by atoms with Crippen LogP contribution in [0.5, 0.6) is 0 Å². The van der Waals surface area contributed by atoms with E-state index in [1.807, 2.05) is 0 Å². The van der Waals surface area contributed by atoms with Gasteiger partial charge in [0, 0.05) is 19.5 Å². The normalized spacial score (nSPS) is 35.4. The standard InChI is InChI=1S/C12H20N2O2/c1-11(2)8-3-4-12(11,9(15)7-8)10(16)14-6-5-13/h8H,3-7,13H2,1-2H3,(H,14,16)/t8-,12+/m0/s1. The van der Waals surface area contributed by atoms with Gasteiger partial charge in [0.25, 0.3) is 0 Å². The summed E-state index contributed by atoms with van der Waals surface area (Å²) in [4.78, 5) is 24.3. The smallest absolute Gasteiger partial charge is 0.234 e. The first-order valence-corrected chi connectivity index (χ1v) is 5.98. The number of ketones is 1. The van der Waals surface area contributed by atoms with Gasteiger partial charge in [-0.1, -0.05) is 13.8 Å². The van der Waals surface area contributed by atoms with Crippen LogP contribution in [-0.2, 0) is 9.59 Å². The number of rotatable bonds is 3. The Kier molecular flexibility index (Phi) is 2.57. The lowest BCUT2D eigenvalue weighted by atomic mass is 9.68. The van der Waals surface area contributed by atoms with Crippen molar-refractivity contribution in [2.75, 3.05) is 13.1 Å². The lowest BCUT2D eigenvalue weighted by Crippen LogP contribution is -2.50. The number of hydrogen-bond donors (Lipinski definition) is 2. The fourth-order valence-electron chi connectivity index (χ4n) is 3.55. The summed E-state index contributed by atoms with van der Waals surface area (Å²) in [5.41, 5.74) is 4.41. The van der Waals surface area contributed by atoms with Gasteiger partial charge in [0.05, 0.1) is 0 Å². The van der Waals surface area contributed by atoms with Gasteiger partial charge in [-0.15, -0.1) is 0 Å². The SMILES string of the molecule is CC1(C)[C@H]2CC[C@]1(C(=O)NCCN)C(=O)C2. The minimum absolute atomic E-state index is 0.104. The van der Waals surface area contributed by atoms with Crippen LogP contribution in [0.4, 0.5) is 0 Å². The van der Waals surface area contributed by atoms with E-state index in [4.69, 9.17) is 5.73 Å². The molecular weight excluding hydrogens is 204 g/mol. The summed E-state index contributed by atoms with van der Waals surface area (Å²) < 4.78 is 0. The molecule has 4 heteroatoms. The Balaban J connectivity index is 2.28. The zero-order chi connectivity index (χ0) is 12.0. The van der Waals surface area contributed by atoms with Gasteiger partial charge >= 0.3 is 0 Å². The average molecular weight is 224 g/mol. The molecule has 2 bridgehead atoms. The van der Waals surface area contributed by atoms with Gasteiger partial charge < -0.3 is 11.1 Å². The molecule has 0 aromatic heterocycles. The Labute approximate surface area is 96.0 Å². The van der Waals surface area contributed by atoms with Crippen molar-refractivity contribution in [3.63, 3.8) is 0 Å².